The van der Waals surface area contributed by atoms with Gasteiger partial charge >= 0.3 is 5.69 Å². The van der Waals surface area contributed by atoms with Crippen LogP contribution in [0, 0.1) is 10.1 Å². The van der Waals surface area contributed by atoms with Crippen molar-refractivity contribution >= 4 is 29.1 Å². The maximum atomic E-state index is 10.5. The first kappa shape index (κ1) is 11.2. The first-order valence-electron chi connectivity index (χ1n) is 3.55. The summed E-state index contributed by atoms with van der Waals surface area (Å²) >= 11 is 6.54. The highest BCUT2D eigenvalue weighted by Gasteiger charge is 2.16. The summed E-state index contributed by atoms with van der Waals surface area (Å²) in [5, 5.41) is 19.2. The number of aliphatic hydroxyl groups excluding tert-OH is 1. The Morgan fingerprint density at radius 1 is 1.71 bits per heavy atom. The topological polar surface area (TPSA) is 89.2 Å². The standard InChI is InChI=1S/C6H6ClN3O3S/c7-6-8-3-4(10(12)13)5(9-6)14-2-1-11/h3,11H,1-2H2. The maximum Gasteiger partial charge on any atom is 0.319 e. The Morgan fingerprint density at radius 3 is 3.00 bits per heavy atom. The Balaban J connectivity index is 2.97. The summed E-state index contributed by atoms with van der Waals surface area (Å²) in [5.41, 5.74) is -0.201. The molecule has 0 bridgehead atoms. The van der Waals surface area contributed by atoms with Crippen molar-refractivity contribution in [1.82, 2.24) is 9.97 Å². The highest BCUT2D eigenvalue weighted by Crippen LogP contribution is 2.26. The van der Waals surface area contributed by atoms with Crippen molar-refractivity contribution < 1.29 is 10.0 Å². The molecule has 1 aromatic rings. The molecule has 0 aliphatic heterocycles. The van der Waals surface area contributed by atoms with E-state index in [4.69, 9.17) is 16.7 Å². The monoisotopic (exact) mass is 235 g/mol. The maximum absolute atomic E-state index is 10.5. The van der Waals surface area contributed by atoms with E-state index in [1.807, 2.05) is 0 Å². The lowest BCUT2D eigenvalue weighted by Crippen LogP contribution is -1.97. The van der Waals surface area contributed by atoms with Gasteiger partial charge in [0.15, 0.2) is 5.03 Å². The zero-order valence-corrected chi connectivity index (χ0v) is 8.46. The Labute approximate surface area is 88.5 Å². The van der Waals surface area contributed by atoms with Gasteiger partial charge in [0.2, 0.25) is 5.28 Å². The van der Waals surface area contributed by atoms with E-state index in [0.29, 0.717) is 5.75 Å². The fraction of sp³-hybridized carbons (Fsp3) is 0.333. The minimum absolute atomic E-state index is 0.0453. The predicted molar refractivity (Wildman–Crippen MR) is 51.5 cm³/mol. The normalized spacial score (nSPS) is 10.1. The SMILES string of the molecule is O=[N+]([O-])c1cnc(Cl)nc1SCCO. The average Bonchev–Trinajstić information content (AvgIpc) is 2.14. The van der Waals surface area contributed by atoms with Crippen LogP contribution in [0.25, 0.3) is 0 Å². The molecule has 1 aromatic heterocycles. The zero-order chi connectivity index (χ0) is 10.6. The summed E-state index contributed by atoms with van der Waals surface area (Å²) in [7, 11) is 0. The summed E-state index contributed by atoms with van der Waals surface area (Å²) in [5.74, 6) is 0.328. The fourth-order valence-corrected chi connectivity index (χ4v) is 1.61. The van der Waals surface area contributed by atoms with Gasteiger partial charge in [-0.15, -0.1) is 0 Å². The molecule has 6 nitrogen and oxygen atoms in total. The van der Waals surface area contributed by atoms with Gasteiger partial charge in [-0.25, -0.2) is 9.97 Å². The molecule has 1 heterocycles. The molecule has 76 valence electrons. The summed E-state index contributed by atoms with van der Waals surface area (Å²) < 4.78 is 0. The molecule has 0 aliphatic rings. The summed E-state index contributed by atoms with van der Waals surface area (Å²) in [6, 6.07) is 0. The van der Waals surface area contributed by atoms with E-state index in [-0.39, 0.29) is 22.6 Å². The first-order chi connectivity index (χ1) is 6.65. The van der Waals surface area contributed by atoms with Gasteiger partial charge in [0.25, 0.3) is 0 Å². The number of rotatable bonds is 4. The van der Waals surface area contributed by atoms with E-state index in [9.17, 15) is 10.1 Å². The molecule has 0 spiro atoms. The number of hydrogen-bond acceptors (Lipinski definition) is 6. The van der Waals surface area contributed by atoms with Crippen molar-refractivity contribution in [1.29, 1.82) is 0 Å². The molecule has 0 aliphatic carbocycles. The molecule has 8 heteroatoms. The number of aromatic nitrogens is 2. The van der Waals surface area contributed by atoms with Crippen LogP contribution in [0.15, 0.2) is 11.2 Å². The van der Waals surface area contributed by atoms with Crippen LogP contribution in [0.4, 0.5) is 5.69 Å². The third kappa shape index (κ3) is 2.79. The Morgan fingerprint density at radius 2 is 2.43 bits per heavy atom. The Hall–Kier alpha value is -0.920. The van der Waals surface area contributed by atoms with Crippen LogP contribution in [0.1, 0.15) is 0 Å². The van der Waals surface area contributed by atoms with Crippen molar-refractivity contribution in [2.45, 2.75) is 5.03 Å². The van der Waals surface area contributed by atoms with Gasteiger partial charge < -0.3 is 5.11 Å². The summed E-state index contributed by atoms with van der Waals surface area (Å²) in [6.07, 6.45) is 1.05. The van der Waals surface area contributed by atoms with Crippen molar-refractivity contribution in [2.75, 3.05) is 12.4 Å². The van der Waals surface area contributed by atoms with Crippen molar-refractivity contribution in [3.8, 4) is 0 Å². The van der Waals surface area contributed by atoms with Gasteiger partial charge in [0, 0.05) is 5.75 Å². The molecular weight excluding hydrogens is 230 g/mol. The number of hydrogen-bond donors (Lipinski definition) is 1. The highest BCUT2D eigenvalue weighted by molar-refractivity contribution is 7.99. The second-order valence-corrected chi connectivity index (χ2v) is 3.58. The smallest absolute Gasteiger partial charge is 0.319 e. The highest BCUT2D eigenvalue weighted by atomic mass is 35.5. The number of nitro groups is 1. The molecule has 0 atom stereocenters. The van der Waals surface area contributed by atoms with Crippen LogP contribution >= 0.6 is 23.4 Å². The molecule has 1 rings (SSSR count). The number of halogens is 1. The molecule has 14 heavy (non-hydrogen) atoms. The molecule has 0 radical (unpaired) electrons. The fourth-order valence-electron chi connectivity index (χ4n) is 0.713. The minimum Gasteiger partial charge on any atom is -0.396 e. The van der Waals surface area contributed by atoms with Crippen LogP contribution in [-0.2, 0) is 0 Å². The van der Waals surface area contributed by atoms with Crippen molar-refractivity contribution in [3.05, 3.63) is 21.6 Å². The molecule has 0 amide bonds. The van der Waals surface area contributed by atoms with Gasteiger partial charge in [-0.05, 0) is 11.6 Å². The lowest BCUT2D eigenvalue weighted by Gasteiger charge is -1.99. The number of aliphatic hydroxyl groups is 1. The Bertz CT molecular complexity index is 349. The van der Waals surface area contributed by atoms with E-state index in [1.165, 1.54) is 0 Å². The van der Waals surface area contributed by atoms with Gasteiger partial charge in [-0.3, -0.25) is 10.1 Å². The lowest BCUT2D eigenvalue weighted by atomic mass is 10.6. The number of thioether (sulfide) groups is 1. The van der Waals surface area contributed by atoms with Gasteiger partial charge in [0.1, 0.15) is 6.20 Å². The van der Waals surface area contributed by atoms with Crippen LogP contribution in [0.3, 0.4) is 0 Å². The predicted octanol–water partition coefficient (Wildman–Crippen LogP) is 1.12. The molecule has 1 N–H and O–H groups in total. The molecule has 0 fully saturated rings. The minimum atomic E-state index is -0.587. The van der Waals surface area contributed by atoms with E-state index in [1.54, 1.807) is 0 Å². The molecule has 0 saturated carbocycles. The lowest BCUT2D eigenvalue weighted by molar-refractivity contribution is -0.388. The largest absolute Gasteiger partial charge is 0.396 e. The summed E-state index contributed by atoms with van der Waals surface area (Å²) in [6.45, 7) is -0.0799. The van der Waals surface area contributed by atoms with Gasteiger partial charge in [0.05, 0.1) is 11.5 Å². The molecular formula is C6H6ClN3O3S. The third-order valence-corrected chi connectivity index (χ3v) is 2.38. The molecule has 0 saturated heterocycles. The Kier molecular flexibility index (Phi) is 4.05. The van der Waals surface area contributed by atoms with Gasteiger partial charge in [-0.2, -0.15) is 0 Å². The van der Waals surface area contributed by atoms with Crippen molar-refractivity contribution in [2.24, 2.45) is 0 Å². The van der Waals surface area contributed by atoms with E-state index < -0.39 is 4.92 Å². The third-order valence-electron chi connectivity index (χ3n) is 1.23. The average molecular weight is 236 g/mol. The molecule has 0 aromatic carbocycles. The van der Waals surface area contributed by atoms with Crippen LogP contribution in [-0.4, -0.2) is 32.4 Å². The molecule has 0 unspecified atom stereocenters. The first-order valence-corrected chi connectivity index (χ1v) is 4.92. The van der Waals surface area contributed by atoms with Gasteiger partial charge in [-0.1, -0.05) is 11.8 Å². The number of nitrogens with zero attached hydrogens (tertiary/aromatic N) is 3. The van der Waals surface area contributed by atoms with E-state index in [0.717, 1.165) is 18.0 Å². The van der Waals surface area contributed by atoms with Crippen LogP contribution < -0.4 is 0 Å². The summed E-state index contributed by atoms with van der Waals surface area (Å²) in [4.78, 5) is 17.1. The second kappa shape index (κ2) is 5.08. The van der Waals surface area contributed by atoms with E-state index >= 15 is 0 Å². The van der Waals surface area contributed by atoms with E-state index in [2.05, 4.69) is 9.97 Å². The van der Waals surface area contributed by atoms with Crippen molar-refractivity contribution in [3.63, 3.8) is 0 Å². The quantitative estimate of drug-likeness (QED) is 0.277. The zero-order valence-electron chi connectivity index (χ0n) is 6.88. The van der Waals surface area contributed by atoms with Crippen LogP contribution in [0.5, 0.6) is 0 Å². The second-order valence-electron chi connectivity index (χ2n) is 2.16. The van der Waals surface area contributed by atoms with Crippen LogP contribution in [0.2, 0.25) is 5.28 Å².